The third-order valence-electron chi connectivity index (χ3n) is 4.39. The summed E-state index contributed by atoms with van der Waals surface area (Å²) in [6.45, 7) is 0.0661. The van der Waals surface area contributed by atoms with Crippen molar-refractivity contribution < 1.29 is 17.2 Å². The van der Waals surface area contributed by atoms with Gasteiger partial charge in [0.25, 0.3) is 0 Å². The van der Waals surface area contributed by atoms with E-state index in [4.69, 9.17) is 0 Å². The van der Waals surface area contributed by atoms with E-state index in [-0.39, 0.29) is 12.1 Å². The second-order valence-corrected chi connectivity index (χ2v) is 9.07. The summed E-state index contributed by atoms with van der Waals surface area (Å²) in [6, 6.07) is 2.79. The molecule has 3 rings (SSSR count). The van der Waals surface area contributed by atoms with E-state index in [1.807, 2.05) is 5.38 Å². The summed E-state index contributed by atoms with van der Waals surface area (Å²) < 4.78 is 53.4. The molecule has 0 bridgehead atoms. The highest BCUT2D eigenvalue weighted by molar-refractivity contribution is 7.88. The highest BCUT2D eigenvalue weighted by Gasteiger charge is 2.19. The van der Waals surface area contributed by atoms with Crippen molar-refractivity contribution in [3.8, 4) is 0 Å². The Morgan fingerprint density at radius 2 is 1.96 bits per heavy atom. The smallest absolute Gasteiger partial charge is 0.216 e. The summed E-state index contributed by atoms with van der Waals surface area (Å²) in [5, 5.41) is 2.68. The second kappa shape index (κ2) is 7.88. The second-order valence-electron chi connectivity index (χ2n) is 6.32. The van der Waals surface area contributed by atoms with Gasteiger partial charge in [0, 0.05) is 16.9 Å². The van der Waals surface area contributed by atoms with Crippen LogP contribution in [0.15, 0.2) is 23.6 Å². The Hall–Kier alpha value is -1.38. The molecule has 0 aliphatic heterocycles. The third-order valence-corrected chi connectivity index (χ3v) is 6.53. The molecule has 8 heteroatoms. The Kier molecular flexibility index (Phi) is 5.81. The van der Waals surface area contributed by atoms with Crippen LogP contribution in [0.2, 0.25) is 0 Å². The molecular formula is C17H20F2N2O2S2. The molecule has 1 aromatic heterocycles. The average Bonchev–Trinajstić information content (AvgIpc) is 3.06. The lowest BCUT2D eigenvalue weighted by Gasteiger charge is -2.19. The van der Waals surface area contributed by atoms with Crippen LogP contribution >= 0.6 is 11.3 Å². The quantitative estimate of drug-likeness (QED) is 0.813. The number of thiazole rings is 1. The van der Waals surface area contributed by atoms with Gasteiger partial charge in [-0.05, 0) is 31.0 Å². The fourth-order valence-corrected chi connectivity index (χ4v) is 5.07. The zero-order chi connectivity index (χ0) is 17.9. The van der Waals surface area contributed by atoms with Gasteiger partial charge in [0.2, 0.25) is 10.0 Å². The highest BCUT2D eigenvalue weighted by Crippen LogP contribution is 2.33. The first-order chi connectivity index (χ1) is 11.9. The molecule has 1 N–H and O–H groups in total. The number of hydrogen-bond acceptors (Lipinski definition) is 4. The van der Waals surface area contributed by atoms with E-state index in [1.54, 1.807) is 0 Å². The molecule has 136 valence electrons. The van der Waals surface area contributed by atoms with Crippen LogP contribution in [0, 0.1) is 11.6 Å². The molecule has 1 aliphatic carbocycles. The number of benzene rings is 1. The SMILES string of the molecule is O=S(=O)(Cc1cc(F)ccc1F)NCc1nc(C2CCCCC2)cs1. The molecule has 0 saturated heterocycles. The summed E-state index contributed by atoms with van der Waals surface area (Å²) in [5.74, 6) is -1.53. The van der Waals surface area contributed by atoms with Crippen molar-refractivity contribution >= 4 is 21.4 Å². The lowest BCUT2D eigenvalue weighted by Crippen LogP contribution is -2.25. The van der Waals surface area contributed by atoms with Crippen LogP contribution in [0.1, 0.15) is 54.3 Å². The molecule has 1 heterocycles. The van der Waals surface area contributed by atoms with Crippen LogP contribution in [-0.4, -0.2) is 13.4 Å². The van der Waals surface area contributed by atoms with E-state index in [2.05, 4.69) is 9.71 Å². The number of halogens is 2. The topological polar surface area (TPSA) is 59.1 Å². The predicted octanol–water partition coefficient (Wildman–Crippen LogP) is 4.09. The molecular weight excluding hydrogens is 366 g/mol. The molecule has 1 aliphatic rings. The lowest BCUT2D eigenvalue weighted by molar-refractivity contribution is 0.437. The molecule has 0 radical (unpaired) electrons. The molecule has 0 amide bonds. The monoisotopic (exact) mass is 386 g/mol. The van der Waals surface area contributed by atoms with Crippen molar-refractivity contribution in [3.63, 3.8) is 0 Å². The largest absolute Gasteiger partial charge is 0.245 e. The molecule has 0 spiro atoms. The molecule has 0 unspecified atom stereocenters. The van der Waals surface area contributed by atoms with Crippen molar-refractivity contribution in [1.82, 2.24) is 9.71 Å². The summed E-state index contributed by atoms with van der Waals surface area (Å²) in [5.41, 5.74) is 0.851. The molecule has 4 nitrogen and oxygen atoms in total. The Labute approximate surface area is 150 Å². The van der Waals surface area contributed by atoms with Gasteiger partial charge in [0.1, 0.15) is 16.6 Å². The Bertz CT molecular complexity index is 831. The Morgan fingerprint density at radius 3 is 2.72 bits per heavy atom. The van der Waals surface area contributed by atoms with Crippen LogP contribution in [0.25, 0.3) is 0 Å². The van der Waals surface area contributed by atoms with Crippen molar-refractivity contribution in [3.05, 3.63) is 51.5 Å². The molecule has 1 aromatic carbocycles. The van der Waals surface area contributed by atoms with E-state index in [9.17, 15) is 17.2 Å². The number of nitrogens with one attached hydrogen (secondary N) is 1. The maximum absolute atomic E-state index is 13.6. The first kappa shape index (κ1) is 18.4. The van der Waals surface area contributed by atoms with Crippen molar-refractivity contribution in [2.24, 2.45) is 0 Å². The number of sulfonamides is 1. The van der Waals surface area contributed by atoms with Gasteiger partial charge < -0.3 is 0 Å². The average molecular weight is 386 g/mol. The van der Waals surface area contributed by atoms with Gasteiger partial charge in [0.05, 0.1) is 18.0 Å². The van der Waals surface area contributed by atoms with Crippen LogP contribution in [-0.2, 0) is 22.3 Å². The van der Waals surface area contributed by atoms with Gasteiger partial charge in [0.15, 0.2) is 0 Å². The van der Waals surface area contributed by atoms with E-state index in [1.165, 1.54) is 30.6 Å². The van der Waals surface area contributed by atoms with E-state index in [0.29, 0.717) is 10.9 Å². The first-order valence-electron chi connectivity index (χ1n) is 8.28. The normalized spacial score (nSPS) is 16.2. The van der Waals surface area contributed by atoms with Gasteiger partial charge in [-0.1, -0.05) is 19.3 Å². The number of hydrogen-bond donors (Lipinski definition) is 1. The summed E-state index contributed by atoms with van der Waals surface area (Å²) in [4.78, 5) is 4.53. The molecule has 25 heavy (non-hydrogen) atoms. The van der Waals surface area contributed by atoms with Crippen LogP contribution in [0.3, 0.4) is 0 Å². The van der Waals surface area contributed by atoms with Crippen molar-refractivity contribution in [1.29, 1.82) is 0 Å². The van der Waals surface area contributed by atoms with Gasteiger partial charge in [-0.2, -0.15) is 0 Å². The maximum Gasteiger partial charge on any atom is 0.216 e. The third kappa shape index (κ3) is 5.05. The number of rotatable bonds is 6. The first-order valence-corrected chi connectivity index (χ1v) is 10.8. The van der Waals surface area contributed by atoms with Crippen molar-refractivity contribution in [2.75, 3.05) is 0 Å². The van der Waals surface area contributed by atoms with Crippen LogP contribution in [0.4, 0.5) is 8.78 Å². The van der Waals surface area contributed by atoms with Gasteiger partial charge in [-0.15, -0.1) is 11.3 Å². The maximum atomic E-state index is 13.6. The zero-order valence-electron chi connectivity index (χ0n) is 13.7. The minimum atomic E-state index is -3.78. The van der Waals surface area contributed by atoms with E-state index >= 15 is 0 Å². The fraction of sp³-hybridized carbons (Fsp3) is 0.471. The van der Waals surface area contributed by atoms with Crippen molar-refractivity contribution in [2.45, 2.75) is 50.3 Å². The van der Waals surface area contributed by atoms with E-state index in [0.717, 1.165) is 36.7 Å². The zero-order valence-corrected chi connectivity index (χ0v) is 15.3. The van der Waals surface area contributed by atoms with Gasteiger partial charge >= 0.3 is 0 Å². The summed E-state index contributed by atoms with van der Waals surface area (Å²) in [6.07, 6.45) is 5.96. The number of nitrogens with zero attached hydrogens (tertiary/aromatic N) is 1. The minimum absolute atomic E-state index is 0.0661. The van der Waals surface area contributed by atoms with Crippen LogP contribution in [0.5, 0.6) is 0 Å². The standard InChI is InChI=1S/C17H20F2N2O2S2/c18-14-6-7-15(19)13(8-14)11-25(22,23)20-9-17-21-16(10-24-17)12-4-2-1-3-5-12/h6-8,10,12,20H,1-5,9,11H2. The molecule has 1 saturated carbocycles. The molecule has 2 aromatic rings. The molecule has 0 atom stereocenters. The van der Waals surface area contributed by atoms with E-state index < -0.39 is 27.4 Å². The predicted molar refractivity (Wildman–Crippen MR) is 93.8 cm³/mol. The van der Waals surface area contributed by atoms with Crippen LogP contribution < -0.4 is 4.72 Å². The Morgan fingerprint density at radius 1 is 1.20 bits per heavy atom. The summed E-state index contributed by atoms with van der Waals surface area (Å²) >= 11 is 1.42. The van der Waals surface area contributed by atoms with Gasteiger partial charge in [-0.3, -0.25) is 0 Å². The Balaban J connectivity index is 1.60. The fourth-order valence-electron chi connectivity index (χ4n) is 3.07. The highest BCUT2D eigenvalue weighted by atomic mass is 32.2. The lowest BCUT2D eigenvalue weighted by atomic mass is 9.87. The minimum Gasteiger partial charge on any atom is -0.245 e. The molecule has 1 fully saturated rings. The van der Waals surface area contributed by atoms with Gasteiger partial charge in [-0.25, -0.2) is 26.9 Å². The number of aromatic nitrogens is 1. The summed E-state index contributed by atoms with van der Waals surface area (Å²) in [7, 11) is -3.78.